The minimum atomic E-state index is -0.834. The van der Waals surface area contributed by atoms with E-state index in [2.05, 4.69) is 23.9 Å². The standard InChI is InChI=1S/C23H37NO5/c1-2-3-4-5-6-7-8-10-18(25)13-12-17-15-19-20(23(17)28)16-21(19)24-29-14-9-11-22(26)27/h17-20,23,25,28H,2-11,14-16H2,1H3,(H,26,27). The van der Waals surface area contributed by atoms with Crippen molar-refractivity contribution in [3.8, 4) is 11.8 Å². The smallest absolute Gasteiger partial charge is 0.303 e. The number of unbranched alkanes of at least 4 members (excludes halogenated alkanes) is 6. The maximum atomic E-state index is 10.5. The summed E-state index contributed by atoms with van der Waals surface area (Å²) in [5, 5.41) is 33.3. The molecule has 0 radical (unpaired) electrons. The predicted molar refractivity (Wildman–Crippen MR) is 112 cm³/mol. The van der Waals surface area contributed by atoms with E-state index < -0.39 is 18.2 Å². The summed E-state index contributed by atoms with van der Waals surface area (Å²) in [4.78, 5) is 15.7. The van der Waals surface area contributed by atoms with Gasteiger partial charge in [-0.25, -0.2) is 0 Å². The van der Waals surface area contributed by atoms with Gasteiger partial charge >= 0.3 is 5.97 Å². The van der Waals surface area contributed by atoms with Crippen molar-refractivity contribution in [1.82, 2.24) is 0 Å². The zero-order valence-electron chi connectivity index (χ0n) is 17.7. The summed E-state index contributed by atoms with van der Waals surface area (Å²) in [5.74, 6) is 5.46. The van der Waals surface area contributed by atoms with Crippen molar-refractivity contribution in [3.63, 3.8) is 0 Å². The van der Waals surface area contributed by atoms with E-state index in [1.807, 2.05) is 0 Å². The fourth-order valence-electron chi connectivity index (χ4n) is 4.24. The van der Waals surface area contributed by atoms with Gasteiger partial charge in [-0.15, -0.1) is 0 Å². The van der Waals surface area contributed by atoms with Crippen molar-refractivity contribution in [2.45, 2.75) is 96.2 Å². The van der Waals surface area contributed by atoms with Crippen molar-refractivity contribution in [1.29, 1.82) is 0 Å². The Balaban J connectivity index is 1.64. The van der Waals surface area contributed by atoms with E-state index in [0.717, 1.165) is 25.0 Å². The van der Waals surface area contributed by atoms with E-state index in [1.165, 1.54) is 32.1 Å². The molecule has 5 unspecified atom stereocenters. The third kappa shape index (κ3) is 7.98. The van der Waals surface area contributed by atoms with Gasteiger partial charge in [0.1, 0.15) is 12.7 Å². The molecule has 2 fully saturated rings. The van der Waals surface area contributed by atoms with Crippen molar-refractivity contribution >= 4 is 11.7 Å². The molecule has 0 heterocycles. The van der Waals surface area contributed by atoms with Crippen LogP contribution in [0.3, 0.4) is 0 Å². The van der Waals surface area contributed by atoms with Gasteiger partial charge in [0.15, 0.2) is 0 Å². The zero-order valence-corrected chi connectivity index (χ0v) is 17.7. The van der Waals surface area contributed by atoms with Gasteiger partial charge in [0.2, 0.25) is 0 Å². The molecule has 0 saturated heterocycles. The van der Waals surface area contributed by atoms with Crippen LogP contribution in [0, 0.1) is 29.6 Å². The molecule has 164 valence electrons. The van der Waals surface area contributed by atoms with Gasteiger partial charge < -0.3 is 20.2 Å². The topological polar surface area (TPSA) is 99.4 Å². The van der Waals surface area contributed by atoms with Gasteiger partial charge in [0.25, 0.3) is 0 Å². The van der Waals surface area contributed by atoms with Crippen molar-refractivity contribution < 1.29 is 25.0 Å². The Kier molecular flexibility index (Phi) is 10.5. The Hall–Kier alpha value is -1.58. The van der Waals surface area contributed by atoms with Gasteiger partial charge in [0.05, 0.1) is 11.8 Å². The zero-order chi connectivity index (χ0) is 21.1. The van der Waals surface area contributed by atoms with Crippen LogP contribution in [0.1, 0.15) is 84.0 Å². The second-order valence-electron chi connectivity index (χ2n) is 8.43. The van der Waals surface area contributed by atoms with Crippen LogP contribution in [0.25, 0.3) is 0 Å². The highest BCUT2D eigenvalue weighted by Gasteiger charge is 2.51. The first kappa shape index (κ1) is 23.7. The van der Waals surface area contributed by atoms with Crippen LogP contribution < -0.4 is 0 Å². The summed E-state index contributed by atoms with van der Waals surface area (Å²) in [7, 11) is 0. The lowest BCUT2D eigenvalue weighted by Crippen LogP contribution is -2.38. The summed E-state index contributed by atoms with van der Waals surface area (Å²) in [5.41, 5.74) is 0.942. The molecule has 0 aromatic carbocycles. The highest BCUT2D eigenvalue weighted by molar-refractivity contribution is 5.93. The fraction of sp³-hybridized carbons (Fsp3) is 0.826. The average Bonchev–Trinajstić information content (AvgIpc) is 2.92. The minimum Gasteiger partial charge on any atom is -0.481 e. The molecule has 2 saturated carbocycles. The summed E-state index contributed by atoms with van der Waals surface area (Å²) in [6, 6.07) is 0. The number of aliphatic hydroxyl groups excluding tert-OH is 2. The molecule has 6 heteroatoms. The first-order chi connectivity index (χ1) is 14.0. The summed E-state index contributed by atoms with van der Waals surface area (Å²) in [6.07, 6.45) is 10.1. The van der Waals surface area contributed by atoms with Crippen molar-refractivity contribution in [2.75, 3.05) is 6.61 Å². The van der Waals surface area contributed by atoms with Gasteiger partial charge in [-0.05, 0) is 38.0 Å². The van der Waals surface area contributed by atoms with E-state index in [0.29, 0.717) is 25.9 Å². The van der Waals surface area contributed by atoms with Crippen molar-refractivity contribution in [3.05, 3.63) is 0 Å². The average molecular weight is 408 g/mol. The quantitative estimate of drug-likeness (QED) is 0.245. The monoisotopic (exact) mass is 407 g/mol. The Bertz CT molecular complexity index is 594. The highest BCUT2D eigenvalue weighted by Crippen LogP contribution is 2.47. The number of fused-ring (bicyclic) bond motifs is 1. The molecular weight excluding hydrogens is 370 g/mol. The highest BCUT2D eigenvalue weighted by atomic mass is 16.6. The molecule has 5 atom stereocenters. The van der Waals surface area contributed by atoms with Gasteiger partial charge in [-0.3, -0.25) is 4.79 Å². The SMILES string of the molecule is CCCCCCCCCC(O)C#CC1CC2C(=NOCCCC(=O)O)CC2C1O. The van der Waals surface area contributed by atoms with E-state index in [1.54, 1.807) is 0 Å². The van der Waals surface area contributed by atoms with Crippen LogP contribution in [0.15, 0.2) is 5.16 Å². The number of hydrogen-bond donors (Lipinski definition) is 3. The Morgan fingerprint density at radius 3 is 2.66 bits per heavy atom. The van der Waals surface area contributed by atoms with Crippen LogP contribution in [0.5, 0.6) is 0 Å². The molecule has 0 bridgehead atoms. The molecule has 0 aromatic rings. The number of carbonyl (C=O) groups is 1. The van der Waals surface area contributed by atoms with Crippen LogP contribution in [-0.2, 0) is 9.63 Å². The van der Waals surface area contributed by atoms with Gasteiger partial charge in [-0.1, -0.05) is 62.4 Å². The van der Waals surface area contributed by atoms with Gasteiger partial charge in [-0.2, -0.15) is 0 Å². The molecule has 6 nitrogen and oxygen atoms in total. The normalized spacial score (nSPS) is 27.6. The third-order valence-corrected chi connectivity index (χ3v) is 6.07. The number of carboxylic acid groups (broad SMARTS) is 1. The first-order valence-electron chi connectivity index (χ1n) is 11.3. The van der Waals surface area contributed by atoms with E-state index in [9.17, 15) is 15.0 Å². The number of rotatable bonds is 13. The third-order valence-electron chi connectivity index (χ3n) is 6.07. The molecule has 0 aromatic heterocycles. The Labute approximate surface area is 174 Å². The van der Waals surface area contributed by atoms with Crippen LogP contribution in [-0.4, -0.2) is 45.8 Å². The summed E-state index contributed by atoms with van der Waals surface area (Å²) < 4.78 is 0. The lowest BCUT2D eigenvalue weighted by atomic mass is 9.73. The summed E-state index contributed by atoms with van der Waals surface area (Å²) >= 11 is 0. The molecule has 0 aliphatic heterocycles. The molecule has 3 N–H and O–H groups in total. The number of aliphatic carboxylic acids is 1. The van der Waals surface area contributed by atoms with Crippen LogP contribution in [0.2, 0.25) is 0 Å². The molecule has 2 aliphatic carbocycles. The van der Waals surface area contributed by atoms with Crippen molar-refractivity contribution in [2.24, 2.45) is 22.9 Å². The van der Waals surface area contributed by atoms with E-state index in [-0.39, 0.29) is 24.2 Å². The number of aliphatic hydroxyl groups is 2. The Morgan fingerprint density at radius 2 is 1.93 bits per heavy atom. The number of hydrogen-bond acceptors (Lipinski definition) is 5. The first-order valence-corrected chi connectivity index (χ1v) is 11.3. The second-order valence-corrected chi connectivity index (χ2v) is 8.43. The molecule has 2 aliphatic rings. The maximum Gasteiger partial charge on any atom is 0.303 e. The summed E-state index contributed by atoms with van der Waals surface area (Å²) in [6.45, 7) is 2.51. The molecule has 2 rings (SSSR count). The molecular formula is C23H37NO5. The lowest BCUT2D eigenvalue weighted by Gasteiger charge is -2.33. The number of nitrogens with zero attached hydrogens (tertiary/aromatic N) is 1. The fourth-order valence-corrected chi connectivity index (χ4v) is 4.24. The van der Waals surface area contributed by atoms with Crippen LogP contribution in [0.4, 0.5) is 0 Å². The number of oxime groups is 1. The Morgan fingerprint density at radius 1 is 1.21 bits per heavy atom. The van der Waals surface area contributed by atoms with E-state index >= 15 is 0 Å². The maximum absolute atomic E-state index is 10.5. The number of carboxylic acids is 1. The predicted octanol–water partition coefficient (Wildman–Crippen LogP) is 3.75. The van der Waals surface area contributed by atoms with Gasteiger partial charge in [0, 0.05) is 18.3 Å². The second kappa shape index (κ2) is 12.9. The minimum absolute atomic E-state index is 0.0778. The van der Waals surface area contributed by atoms with E-state index in [4.69, 9.17) is 9.94 Å². The molecule has 29 heavy (non-hydrogen) atoms. The largest absolute Gasteiger partial charge is 0.481 e. The molecule has 0 spiro atoms. The van der Waals surface area contributed by atoms with Crippen LogP contribution >= 0.6 is 0 Å². The molecule has 0 amide bonds. The lowest BCUT2D eigenvalue weighted by molar-refractivity contribution is -0.137.